The second-order valence-electron chi connectivity index (χ2n) is 6.76. The second-order valence-corrected chi connectivity index (χ2v) is 6.76. The number of likely N-dealkylation sites (tertiary alicyclic amines) is 1. The molecule has 3 heterocycles. The molecule has 29 heavy (non-hydrogen) atoms. The molecule has 1 aromatic heterocycles. The Labute approximate surface area is 165 Å². The van der Waals surface area contributed by atoms with Crippen LogP contribution in [0.5, 0.6) is 11.5 Å². The van der Waals surface area contributed by atoms with Crippen molar-refractivity contribution < 1.29 is 27.4 Å². The maximum atomic E-state index is 12.5. The van der Waals surface area contributed by atoms with Gasteiger partial charge in [-0.15, -0.1) is 13.2 Å². The van der Waals surface area contributed by atoms with Crippen LogP contribution in [0, 0.1) is 0 Å². The molecule has 1 amide bonds. The Hall–Kier alpha value is -3.23. The van der Waals surface area contributed by atoms with E-state index >= 15 is 0 Å². The van der Waals surface area contributed by atoms with Gasteiger partial charge in [-0.05, 0) is 55.8 Å². The zero-order valence-corrected chi connectivity index (χ0v) is 15.4. The van der Waals surface area contributed by atoms with E-state index in [1.165, 1.54) is 24.3 Å². The van der Waals surface area contributed by atoms with Crippen LogP contribution < -0.4 is 14.4 Å². The van der Waals surface area contributed by atoms with Gasteiger partial charge in [-0.1, -0.05) is 0 Å². The Morgan fingerprint density at radius 1 is 1.14 bits per heavy atom. The standard InChI is InChI=1S/C20H18F3N3O3/c1-13-26(12-18(27)25-10-2-3-11-25)19-17(28-13)9-8-16(24-19)14-4-6-15(7-5-14)29-20(21,22)23/h4-9H,1-3,10-12H2. The summed E-state index contributed by atoms with van der Waals surface area (Å²) in [5, 5.41) is 0. The van der Waals surface area contributed by atoms with Crippen molar-refractivity contribution in [2.75, 3.05) is 24.5 Å². The van der Waals surface area contributed by atoms with Crippen molar-refractivity contribution in [3.63, 3.8) is 0 Å². The maximum absolute atomic E-state index is 12.5. The summed E-state index contributed by atoms with van der Waals surface area (Å²) in [5.41, 5.74) is 1.13. The summed E-state index contributed by atoms with van der Waals surface area (Å²) in [7, 11) is 0. The molecule has 9 heteroatoms. The first-order chi connectivity index (χ1) is 13.8. The van der Waals surface area contributed by atoms with E-state index in [0.29, 0.717) is 28.7 Å². The summed E-state index contributed by atoms with van der Waals surface area (Å²) < 4.78 is 46.4. The molecule has 4 rings (SSSR count). The maximum Gasteiger partial charge on any atom is 0.573 e. The number of ether oxygens (including phenoxy) is 2. The first-order valence-electron chi connectivity index (χ1n) is 9.09. The molecular weight excluding hydrogens is 387 g/mol. The van der Waals surface area contributed by atoms with E-state index in [0.717, 1.165) is 25.9 Å². The monoisotopic (exact) mass is 405 g/mol. The summed E-state index contributed by atoms with van der Waals surface area (Å²) in [4.78, 5) is 20.5. The molecule has 0 bridgehead atoms. The van der Waals surface area contributed by atoms with Crippen molar-refractivity contribution >= 4 is 11.7 Å². The van der Waals surface area contributed by atoms with Gasteiger partial charge in [0.25, 0.3) is 0 Å². The van der Waals surface area contributed by atoms with Crippen molar-refractivity contribution in [2.24, 2.45) is 0 Å². The Morgan fingerprint density at radius 3 is 2.48 bits per heavy atom. The number of amides is 1. The van der Waals surface area contributed by atoms with E-state index in [1.807, 2.05) is 0 Å². The molecule has 152 valence electrons. The predicted octanol–water partition coefficient (Wildman–Crippen LogP) is 3.94. The highest BCUT2D eigenvalue weighted by Gasteiger charge is 2.32. The molecule has 2 aromatic rings. The van der Waals surface area contributed by atoms with Gasteiger partial charge in [-0.2, -0.15) is 0 Å². The number of aromatic nitrogens is 1. The molecule has 1 fully saturated rings. The van der Waals surface area contributed by atoms with Gasteiger partial charge in [0.2, 0.25) is 5.91 Å². The van der Waals surface area contributed by atoms with Crippen molar-refractivity contribution in [1.29, 1.82) is 0 Å². The summed E-state index contributed by atoms with van der Waals surface area (Å²) in [5.74, 6) is 0.907. The summed E-state index contributed by atoms with van der Waals surface area (Å²) in [6, 6.07) is 8.81. The number of hydrogen-bond donors (Lipinski definition) is 0. The third-order valence-electron chi connectivity index (χ3n) is 4.76. The van der Waals surface area contributed by atoms with Crippen LogP contribution in [0.2, 0.25) is 0 Å². The van der Waals surface area contributed by atoms with Gasteiger partial charge in [0.15, 0.2) is 17.5 Å². The molecule has 6 nitrogen and oxygen atoms in total. The van der Waals surface area contributed by atoms with E-state index in [-0.39, 0.29) is 18.2 Å². The van der Waals surface area contributed by atoms with Crippen molar-refractivity contribution in [2.45, 2.75) is 19.2 Å². The number of rotatable bonds is 4. The van der Waals surface area contributed by atoms with Crippen LogP contribution in [-0.4, -0.2) is 41.8 Å². The molecule has 1 aromatic carbocycles. The Bertz CT molecular complexity index is 938. The fourth-order valence-electron chi connectivity index (χ4n) is 3.36. The molecule has 0 atom stereocenters. The number of hydrogen-bond acceptors (Lipinski definition) is 5. The van der Waals surface area contributed by atoms with Crippen LogP contribution in [0.25, 0.3) is 11.3 Å². The lowest BCUT2D eigenvalue weighted by molar-refractivity contribution is -0.274. The molecule has 0 radical (unpaired) electrons. The molecular formula is C20H18F3N3O3. The molecule has 0 N–H and O–H groups in total. The Balaban J connectivity index is 1.55. The smallest absolute Gasteiger partial charge is 0.438 e. The lowest BCUT2D eigenvalue weighted by Crippen LogP contribution is -2.38. The summed E-state index contributed by atoms with van der Waals surface area (Å²) in [6.07, 6.45) is -2.75. The molecule has 0 aliphatic carbocycles. The first kappa shape index (κ1) is 19.1. The van der Waals surface area contributed by atoms with Crippen molar-refractivity contribution in [3.8, 4) is 22.8 Å². The van der Waals surface area contributed by atoms with E-state index in [9.17, 15) is 18.0 Å². The minimum absolute atomic E-state index is 0.0269. The van der Waals surface area contributed by atoms with Crippen LogP contribution in [0.1, 0.15) is 12.8 Å². The molecule has 0 unspecified atom stereocenters. The highest BCUT2D eigenvalue weighted by atomic mass is 19.4. The van der Waals surface area contributed by atoms with Crippen LogP contribution >= 0.6 is 0 Å². The van der Waals surface area contributed by atoms with Gasteiger partial charge >= 0.3 is 6.36 Å². The lowest BCUT2D eigenvalue weighted by Gasteiger charge is -2.21. The van der Waals surface area contributed by atoms with Crippen LogP contribution in [0.3, 0.4) is 0 Å². The highest BCUT2D eigenvalue weighted by molar-refractivity contribution is 5.84. The van der Waals surface area contributed by atoms with Gasteiger partial charge in [-0.3, -0.25) is 9.69 Å². The predicted molar refractivity (Wildman–Crippen MR) is 99.3 cm³/mol. The van der Waals surface area contributed by atoms with Gasteiger partial charge < -0.3 is 14.4 Å². The zero-order chi connectivity index (χ0) is 20.6. The number of anilines is 1. The van der Waals surface area contributed by atoms with Crippen molar-refractivity contribution in [1.82, 2.24) is 9.88 Å². The number of pyridine rings is 1. The van der Waals surface area contributed by atoms with E-state index in [2.05, 4.69) is 16.3 Å². The molecule has 0 saturated carbocycles. The zero-order valence-electron chi connectivity index (χ0n) is 15.4. The minimum atomic E-state index is -4.74. The van der Waals surface area contributed by atoms with E-state index in [4.69, 9.17) is 4.74 Å². The fourth-order valence-corrected chi connectivity index (χ4v) is 3.36. The summed E-state index contributed by atoms with van der Waals surface area (Å²) >= 11 is 0. The number of alkyl halides is 3. The van der Waals surface area contributed by atoms with Gasteiger partial charge in [0.05, 0.1) is 5.69 Å². The average molecular weight is 405 g/mol. The van der Waals surface area contributed by atoms with Crippen LogP contribution in [0.15, 0.2) is 48.9 Å². The van der Waals surface area contributed by atoms with E-state index < -0.39 is 6.36 Å². The molecule has 1 saturated heterocycles. The average Bonchev–Trinajstić information content (AvgIpc) is 3.30. The molecule has 2 aliphatic heterocycles. The third-order valence-corrected chi connectivity index (χ3v) is 4.76. The molecule has 2 aliphatic rings. The Morgan fingerprint density at radius 2 is 1.83 bits per heavy atom. The minimum Gasteiger partial charge on any atom is -0.438 e. The van der Waals surface area contributed by atoms with Gasteiger partial charge in [-0.25, -0.2) is 4.98 Å². The number of fused-ring (bicyclic) bond motifs is 1. The van der Waals surface area contributed by atoms with Crippen molar-refractivity contribution in [3.05, 3.63) is 48.9 Å². The normalized spacial score (nSPS) is 16.0. The number of nitrogens with zero attached hydrogens (tertiary/aromatic N) is 3. The highest BCUT2D eigenvalue weighted by Crippen LogP contribution is 2.38. The van der Waals surface area contributed by atoms with Gasteiger partial charge in [0.1, 0.15) is 12.3 Å². The first-order valence-corrected chi connectivity index (χ1v) is 9.09. The quantitative estimate of drug-likeness (QED) is 0.771. The number of halogens is 3. The van der Waals surface area contributed by atoms with Gasteiger partial charge in [0, 0.05) is 18.7 Å². The van der Waals surface area contributed by atoms with E-state index in [1.54, 1.807) is 21.9 Å². The second kappa shape index (κ2) is 7.31. The largest absolute Gasteiger partial charge is 0.573 e. The lowest BCUT2D eigenvalue weighted by atomic mass is 10.1. The Kier molecular flexibility index (Phi) is 4.81. The topological polar surface area (TPSA) is 54.9 Å². The number of benzene rings is 1. The fraction of sp³-hybridized carbons (Fsp3) is 0.300. The van der Waals surface area contributed by atoms with Crippen LogP contribution in [-0.2, 0) is 4.79 Å². The third kappa shape index (κ3) is 4.13. The van der Waals surface area contributed by atoms with Crippen LogP contribution in [0.4, 0.5) is 19.0 Å². The number of carbonyl (C=O) groups is 1. The number of carbonyl (C=O) groups excluding carboxylic acids is 1. The summed E-state index contributed by atoms with van der Waals surface area (Å²) in [6.45, 7) is 5.40. The molecule has 0 spiro atoms. The SMILES string of the molecule is C=C1Oc2ccc(-c3ccc(OC(F)(F)F)cc3)nc2N1CC(=O)N1CCCC1.